The van der Waals surface area contributed by atoms with E-state index in [9.17, 15) is 19.5 Å². The summed E-state index contributed by atoms with van der Waals surface area (Å²) in [5.41, 5.74) is 2.56. The van der Waals surface area contributed by atoms with E-state index in [1.807, 2.05) is 11.8 Å². The highest BCUT2D eigenvalue weighted by Gasteiger charge is 2.31. The zero-order valence-electron chi connectivity index (χ0n) is 14.6. The standard InChI is InChI=1S/C18H22N2O6/c1-11-13(2-3-14-15(11)10-26-17(14)23)16(22)9-19-5-6-20(18(24)25)8-12(19)4-7-21/h2-3,12,21H,4-10H2,1H3,(H,24,25). The summed E-state index contributed by atoms with van der Waals surface area (Å²) >= 11 is 0. The number of rotatable bonds is 5. The molecule has 8 nitrogen and oxygen atoms in total. The van der Waals surface area contributed by atoms with E-state index in [1.54, 1.807) is 12.1 Å². The van der Waals surface area contributed by atoms with Crippen LogP contribution in [0.3, 0.4) is 0 Å². The summed E-state index contributed by atoms with van der Waals surface area (Å²) in [7, 11) is 0. The van der Waals surface area contributed by atoms with Gasteiger partial charge in [0.25, 0.3) is 0 Å². The molecule has 0 radical (unpaired) electrons. The Labute approximate surface area is 151 Å². The summed E-state index contributed by atoms with van der Waals surface area (Å²) in [6.07, 6.45) is -0.583. The number of carbonyl (C=O) groups is 3. The molecular formula is C18H22N2O6. The lowest BCUT2D eigenvalue weighted by Gasteiger charge is -2.39. The third-order valence-corrected chi connectivity index (χ3v) is 5.15. The Balaban J connectivity index is 1.75. The normalized spacial score (nSPS) is 20.0. The number of ether oxygens (including phenoxy) is 1. The first-order valence-electron chi connectivity index (χ1n) is 8.58. The number of cyclic esters (lactones) is 1. The predicted molar refractivity (Wildman–Crippen MR) is 91.3 cm³/mol. The zero-order chi connectivity index (χ0) is 18.8. The highest BCUT2D eigenvalue weighted by atomic mass is 16.5. The fourth-order valence-corrected chi connectivity index (χ4v) is 3.62. The molecule has 2 aliphatic heterocycles. The van der Waals surface area contributed by atoms with Crippen molar-refractivity contribution < 1.29 is 29.3 Å². The van der Waals surface area contributed by atoms with E-state index in [-0.39, 0.29) is 44.1 Å². The molecular weight excluding hydrogens is 340 g/mol. The smallest absolute Gasteiger partial charge is 0.407 e. The van der Waals surface area contributed by atoms with E-state index < -0.39 is 6.09 Å². The molecule has 0 aromatic heterocycles. The van der Waals surface area contributed by atoms with Crippen LogP contribution in [0.4, 0.5) is 4.79 Å². The quantitative estimate of drug-likeness (QED) is 0.592. The lowest BCUT2D eigenvalue weighted by molar-refractivity contribution is 0.0525. The predicted octanol–water partition coefficient (Wildman–Crippen LogP) is 0.895. The minimum atomic E-state index is -0.988. The van der Waals surface area contributed by atoms with Gasteiger partial charge >= 0.3 is 12.1 Å². The maximum absolute atomic E-state index is 12.8. The number of esters is 1. The van der Waals surface area contributed by atoms with Crippen LogP contribution in [-0.2, 0) is 11.3 Å². The topological polar surface area (TPSA) is 107 Å². The molecule has 0 bridgehead atoms. The molecule has 3 rings (SSSR count). The molecule has 1 amide bonds. The third kappa shape index (κ3) is 3.42. The van der Waals surface area contributed by atoms with E-state index >= 15 is 0 Å². The fraction of sp³-hybridized carbons (Fsp3) is 0.500. The highest BCUT2D eigenvalue weighted by Crippen LogP contribution is 2.26. The van der Waals surface area contributed by atoms with Crippen molar-refractivity contribution in [2.24, 2.45) is 0 Å². The van der Waals surface area contributed by atoms with Crippen molar-refractivity contribution in [3.8, 4) is 0 Å². The summed E-state index contributed by atoms with van der Waals surface area (Å²) in [4.78, 5) is 38.9. The molecule has 2 aliphatic rings. The van der Waals surface area contributed by atoms with Gasteiger partial charge < -0.3 is 19.8 Å². The lowest BCUT2D eigenvalue weighted by Crippen LogP contribution is -2.55. The van der Waals surface area contributed by atoms with Crippen LogP contribution in [0, 0.1) is 6.92 Å². The molecule has 1 aromatic carbocycles. The molecule has 1 aromatic rings. The second-order valence-electron chi connectivity index (χ2n) is 6.63. The molecule has 0 saturated carbocycles. The van der Waals surface area contributed by atoms with Crippen LogP contribution in [0.25, 0.3) is 0 Å². The van der Waals surface area contributed by atoms with Gasteiger partial charge in [-0.15, -0.1) is 0 Å². The van der Waals surface area contributed by atoms with Crippen LogP contribution >= 0.6 is 0 Å². The van der Waals surface area contributed by atoms with Gasteiger partial charge in [0, 0.05) is 43.4 Å². The molecule has 1 unspecified atom stereocenters. The number of aliphatic hydroxyl groups excluding tert-OH is 1. The second kappa shape index (κ2) is 7.43. The molecule has 2 heterocycles. The van der Waals surface area contributed by atoms with Gasteiger partial charge in [-0.3, -0.25) is 9.69 Å². The Kier molecular flexibility index (Phi) is 5.24. The molecule has 1 atom stereocenters. The molecule has 26 heavy (non-hydrogen) atoms. The number of hydrogen-bond donors (Lipinski definition) is 2. The third-order valence-electron chi connectivity index (χ3n) is 5.15. The molecule has 0 spiro atoms. The SMILES string of the molecule is Cc1c(C(=O)CN2CCN(C(=O)O)CC2CCO)ccc2c1COC2=O. The van der Waals surface area contributed by atoms with Crippen LogP contribution in [0.2, 0.25) is 0 Å². The first-order chi connectivity index (χ1) is 12.4. The van der Waals surface area contributed by atoms with Crippen molar-refractivity contribution in [2.45, 2.75) is 26.0 Å². The van der Waals surface area contributed by atoms with Gasteiger partial charge in [-0.25, -0.2) is 9.59 Å². The maximum atomic E-state index is 12.8. The van der Waals surface area contributed by atoms with Gasteiger partial charge in [-0.1, -0.05) is 6.07 Å². The minimum absolute atomic E-state index is 0.0693. The van der Waals surface area contributed by atoms with Gasteiger partial charge in [0.05, 0.1) is 12.1 Å². The summed E-state index contributed by atoms with van der Waals surface area (Å²) in [6, 6.07) is 3.07. The van der Waals surface area contributed by atoms with Gasteiger partial charge in [-0.05, 0) is 25.0 Å². The first kappa shape index (κ1) is 18.3. The highest BCUT2D eigenvalue weighted by molar-refractivity contribution is 6.02. The number of benzene rings is 1. The molecule has 140 valence electrons. The number of carboxylic acid groups (broad SMARTS) is 1. The number of fused-ring (bicyclic) bond motifs is 1. The molecule has 2 N–H and O–H groups in total. The van der Waals surface area contributed by atoms with E-state index in [0.29, 0.717) is 30.6 Å². The first-order valence-corrected chi connectivity index (χ1v) is 8.58. The van der Waals surface area contributed by atoms with Crippen molar-refractivity contribution in [1.29, 1.82) is 0 Å². The van der Waals surface area contributed by atoms with Gasteiger partial charge in [0.15, 0.2) is 5.78 Å². The van der Waals surface area contributed by atoms with Crippen molar-refractivity contribution in [3.63, 3.8) is 0 Å². The zero-order valence-corrected chi connectivity index (χ0v) is 14.6. The van der Waals surface area contributed by atoms with Gasteiger partial charge in [0.2, 0.25) is 0 Å². The number of Topliss-reactive ketones (excluding diaryl/α,β-unsaturated/α-hetero) is 1. The fourth-order valence-electron chi connectivity index (χ4n) is 3.62. The maximum Gasteiger partial charge on any atom is 0.407 e. The Hall–Kier alpha value is -2.45. The largest absolute Gasteiger partial charge is 0.465 e. The van der Waals surface area contributed by atoms with Crippen molar-refractivity contribution >= 4 is 17.8 Å². The number of ketones is 1. The number of aliphatic hydroxyl groups is 1. The van der Waals surface area contributed by atoms with Gasteiger partial charge in [-0.2, -0.15) is 0 Å². The Bertz CT molecular complexity index is 747. The number of nitrogens with zero attached hydrogens (tertiary/aromatic N) is 2. The number of piperazine rings is 1. The average molecular weight is 362 g/mol. The van der Waals surface area contributed by atoms with Crippen molar-refractivity contribution in [3.05, 3.63) is 34.4 Å². The Morgan fingerprint density at radius 1 is 1.31 bits per heavy atom. The van der Waals surface area contributed by atoms with Crippen molar-refractivity contribution in [2.75, 3.05) is 32.8 Å². The van der Waals surface area contributed by atoms with E-state index in [4.69, 9.17) is 9.84 Å². The Morgan fingerprint density at radius 3 is 2.77 bits per heavy atom. The minimum Gasteiger partial charge on any atom is -0.465 e. The average Bonchev–Trinajstić information content (AvgIpc) is 2.98. The van der Waals surface area contributed by atoms with Crippen LogP contribution in [-0.4, -0.2) is 76.7 Å². The van der Waals surface area contributed by atoms with Crippen LogP contribution < -0.4 is 0 Å². The van der Waals surface area contributed by atoms with Crippen LogP contribution in [0.15, 0.2) is 12.1 Å². The van der Waals surface area contributed by atoms with Crippen LogP contribution in [0.5, 0.6) is 0 Å². The molecule has 1 fully saturated rings. The summed E-state index contributed by atoms with van der Waals surface area (Å²) in [6.45, 7) is 3.11. The van der Waals surface area contributed by atoms with E-state index in [0.717, 1.165) is 11.1 Å². The summed E-state index contributed by atoms with van der Waals surface area (Å²) in [5.74, 6) is -0.453. The molecule has 0 aliphatic carbocycles. The Morgan fingerprint density at radius 2 is 2.08 bits per heavy atom. The van der Waals surface area contributed by atoms with E-state index in [1.165, 1.54) is 4.90 Å². The van der Waals surface area contributed by atoms with E-state index in [2.05, 4.69) is 0 Å². The monoisotopic (exact) mass is 362 g/mol. The molecule has 1 saturated heterocycles. The molecule has 8 heteroatoms. The number of hydrogen-bond acceptors (Lipinski definition) is 6. The number of amides is 1. The second-order valence-corrected chi connectivity index (χ2v) is 6.63. The van der Waals surface area contributed by atoms with Crippen LogP contribution in [0.1, 0.15) is 38.3 Å². The van der Waals surface area contributed by atoms with Crippen molar-refractivity contribution in [1.82, 2.24) is 9.80 Å². The summed E-state index contributed by atoms with van der Waals surface area (Å²) < 4.78 is 5.02. The summed E-state index contributed by atoms with van der Waals surface area (Å²) in [5, 5.41) is 18.4. The van der Waals surface area contributed by atoms with Gasteiger partial charge in [0.1, 0.15) is 6.61 Å². The lowest BCUT2D eigenvalue weighted by atomic mass is 9.95. The number of carbonyl (C=O) groups excluding carboxylic acids is 2.